The van der Waals surface area contributed by atoms with E-state index < -0.39 is 34.3 Å². The molecule has 2 rings (SSSR count). The van der Waals surface area contributed by atoms with E-state index in [-0.39, 0.29) is 0 Å². The molecule has 0 bridgehead atoms. The molecule has 1 fully saturated rings. The van der Waals surface area contributed by atoms with Gasteiger partial charge in [-0.3, -0.25) is 0 Å². The molecule has 0 aliphatic carbocycles. The lowest BCUT2D eigenvalue weighted by Crippen LogP contribution is -2.41. The van der Waals surface area contributed by atoms with Gasteiger partial charge in [0.1, 0.15) is 5.75 Å². The zero-order chi connectivity index (χ0) is 19.4. The predicted octanol–water partition coefficient (Wildman–Crippen LogP) is 2.69. The summed E-state index contributed by atoms with van der Waals surface area (Å²) in [5.41, 5.74) is 2.51. The molecular weight excluding hydrogens is 342 g/mol. The summed E-state index contributed by atoms with van der Waals surface area (Å²) < 4.78 is 48.1. The van der Waals surface area contributed by atoms with E-state index in [1.165, 1.54) is 0 Å². The molecule has 0 spiro atoms. The number of hydrogen-bond acceptors (Lipinski definition) is 4. The molecule has 0 N–H and O–H groups in total. The first kappa shape index (κ1) is 20.0. The molecule has 0 saturated carbocycles. The summed E-state index contributed by atoms with van der Waals surface area (Å²) >= 11 is 0. The third-order valence-electron chi connectivity index (χ3n) is 5.41. The van der Waals surface area contributed by atoms with Crippen LogP contribution >= 0.6 is 0 Å². The Morgan fingerprint density at radius 1 is 1.04 bits per heavy atom. The van der Waals surface area contributed by atoms with Gasteiger partial charge in [0.15, 0.2) is 0 Å². The van der Waals surface area contributed by atoms with Crippen LogP contribution < -0.4 is 5.46 Å². The topological polar surface area (TPSA) is 52.6 Å². The average molecular weight is 366 g/mol. The molecule has 0 unspecified atom stereocenters. The Morgan fingerprint density at radius 2 is 1.52 bits per heavy atom. The normalized spacial score (nSPS) is 19.1. The van der Waals surface area contributed by atoms with Crippen LogP contribution in [0.2, 0.25) is 0 Å². The molecule has 1 aliphatic rings. The largest absolute Gasteiger partial charge is 0.495 e. The van der Waals surface area contributed by atoms with Crippen molar-refractivity contribution in [3.63, 3.8) is 0 Å². The Balaban J connectivity index is 2.72. The zero-order valence-corrected chi connectivity index (χ0v) is 16.6. The second-order valence-corrected chi connectivity index (χ2v) is 8.92. The molecule has 25 heavy (non-hydrogen) atoms. The fourth-order valence-corrected chi connectivity index (χ4v) is 3.99. The highest BCUT2D eigenvalue weighted by molar-refractivity contribution is 7.85. The van der Waals surface area contributed by atoms with Crippen molar-refractivity contribution in [3.8, 4) is 12.3 Å². The molecule has 1 aromatic carbocycles. The van der Waals surface area contributed by atoms with E-state index in [0.29, 0.717) is 27.7 Å². The van der Waals surface area contributed by atoms with Gasteiger partial charge in [0.2, 0.25) is 0 Å². The van der Waals surface area contributed by atoms with Crippen molar-refractivity contribution < 1.29 is 21.6 Å². The van der Waals surface area contributed by atoms with Crippen LogP contribution in [0.15, 0.2) is 0 Å². The second-order valence-electron chi connectivity index (χ2n) is 7.56. The van der Waals surface area contributed by atoms with E-state index in [9.17, 15) is 12.3 Å². The molecule has 1 heterocycles. The minimum atomic E-state index is -4.70. The van der Waals surface area contributed by atoms with Crippen LogP contribution in [-0.4, -0.2) is 26.7 Å². The fourth-order valence-electron chi connectivity index (χ4n) is 3.21. The highest BCUT2D eigenvalue weighted by atomic mass is 32.3. The molecule has 136 valence electrons. The maximum atomic E-state index is 13.4. The molecule has 1 aromatic rings. The van der Waals surface area contributed by atoms with Gasteiger partial charge in [-0.15, -0.1) is 10.3 Å². The number of halogens is 1. The summed E-state index contributed by atoms with van der Waals surface area (Å²) in [5.74, 6) is 1.88. The van der Waals surface area contributed by atoms with Crippen molar-refractivity contribution in [1.29, 1.82) is 0 Å². The standard InChI is InChI=1S/C18H24BFO4S/c1-9-14-11(2)15(10-25(20,21)22)13(4)16(12(14)3)19-23-17(5,6)18(7,8)24-19/h1H,10H2,2-8H3. The summed E-state index contributed by atoms with van der Waals surface area (Å²) in [6.45, 7) is 13.0. The molecule has 1 aliphatic heterocycles. The van der Waals surface area contributed by atoms with Gasteiger partial charge in [0, 0.05) is 5.56 Å². The fraction of sp³-hybridized carbons (Fsp3) is 0.556. The lowest BCUT2D eigenvalue weighted by molar-refractivity contribution is 0.00578. The number of terminal acetylenes is 1. The summed E-state index contributed by atoms with van der Waals surface area (Å²) in [7, 11) is -5.39. The van der Waals surface area contributed by atoms with Crippen molar-refractivity contribution >= 4 is 22.8 Å². The Labute approximate surface area is 150 Å². The molecule has 0 amide bonds. The lowest BCUT2D eigenvalue weighted by Gasteiger charge is -2.32. The molecule has 1 saturated heterocycles. The van der Waals surface area contributed by atoms with Crippen LogP contribution in [-0.2, 0) is 25.3 Å². The van der Waals surface area contributed by atoms with Gasteiger partial charge < -0.3 is 9.31 Å². The number of rotatable bonds is 3. The predicted molar refractivity (Wildman–Crippen MR) is 98.0 cm³/mol. The SMILES string of the molecule is C#Cc1c(C)c(CS(=O)(=O)F)c(C)c(B2OC(C)(C)C(C)(C)O2)c1C. The van der Waals surface area contributed by atoms with Crippen LogP contribution in [0.3, 0.4) is 0 Å². The zero-order valence-electron chi connectivity index (χ0n) is 15.8. The van der Waals surface area contributed by atoms with Crippen LogP contribution in [0, 0.1) is 33.1 Å². The van der Waals surface area contributed by atoms with Crippen LogP contribution in [0.1, 0.15) is 55.5 Å². The monoisotopic (exact) mass is 366 g/mol. The van der Waals surface area contributed by atoms with E-state index in [1.807, 2.05) is 34.6 Å². The third kappa shape index (κ3) is 3.48. The van der Waals surface area contributed by atoms with Crippen molar-refractivity contribution in [2.75, 3.05) is 0 Å². The minimum Gasteiger partial charge on any atom is -0.399 e. The first-order valence-corrected chi connectivity index (χ1v) is 9.64. The molecule has 0 radical (unpaired) electrons. The maximum absolute atomic E-state index is 13.4. The Morgan fingerprint density at radius 3 is 1.92 bits per heavy atom. The van der Waals surface area contributed by atoms with Crippen molar-refractivity contribution in [1.82, 2.24) is 0 Å². The quantitative estimate of drug-likeness (QED) is 0.469. The number of hydrogen-bond donors (Lipinski definition) is 0. The maximum Gasteiger partial charge on any atom is 0.495 e. The van der Waals surface area contributed by atoms with Gasteiger partial charge in [-0.05, 0) is 76.2 Å². The number of benzene rings is 1. The van der Waals surface area contributed by atoms with Gasteiger partial charge in [-0.1, -0.05) is 5.92 Å². The van der Waals surface area contributed by atoms with E-state index in [4.69, 9.17) is 15.7 Å². The van der Waals surface area contributed by atoms with Crippen LogP contribution in [0.4, 0.5) is 3.89 Å². The highest BCUT2D eigenvalue weighted by Crippen LogP contribution is 2.37. The summed E-state index contributed by atoms with van der Waals surface area (Å²) in [5, 5.41) is 0. The first-order valence-electron chi connectivity index (χ1n) is 8.09. The van der Waals surface area contributed by atoms with E-state index in [2.05, 4.69) is 5.92 Å². The second kappa shape index (κ2) is 6.12. The van der Waals surface area contributed by atoms with Gasteiger partial charge in [0.25, 0.3) is 0 Å². The van der Waals surface area contributed by atoms with Gasteiger partial charge in [-0.2, -0.15) is 8.42 Å². The minimum absolute atomic E-state index is 0.366. The molecule has 4 nitrogen and oxygen atoms in total. The highest BCUT2D eigenvalue weighted by Gasteiger charge is 2.52. The Hall–Kier alpha value is -1.36. The van der Waals surface area contributed by atoms with Crippen LogP contribution in [0.5, 0.6) is 0 Å². The van der Waals surface area contributed by atoms with Gasteiger partial charge >= 0.3 is 17.3 Å². The molecular formula is C18H24BFO4S. The molecule has 7 heteroatoms. The van der Waals surface area contributed by atoms with Crippen molar-refractivity contribution in [3.05, 3.63) is 27.8 Å². The van der Waals surface area contributed by atoms with Gasteiger partial charge in [-0.25, -0.2) is 0 Å². The lowest BCUT2D eigenvalue weighted by atomic mass is 9.70. The Kier molecular flexibility index (Phi) is 4.88. The smallest absolute Gasteiger partial charge is 0.399 e. The van der Waals surface area contributed by atoms with Crippen molar-refractivity contribution in [2.24, 2.45) is 0 Å². The Bertz CT molecular complexity index is 850. The van der Waals surface area contributed by atoms with E-state index >= 15 is 0 Å². The van der Waals surface area contributed by atoms with E-state index in [1.54, 1.807) is 13.8 Å². The molecule has 0 aromatic heterocycles. The summed E-state index contributed by atoms with van der Waals surface area (Å²) in [6.07, 6.45) is 5.63. The van der Waals surface area contributed by atoms with Gasteiger partial charge in [0.05, 0.1) is 11.2 Å². The average Bonchev–Trinajstić information content (AvgIpc) is 2.62. The van der Waals surface area contributed by atoms with Crippen molar-refractivity contribution in [2.45, 2.75) is 65.4 Å². The first-order chi connectivity index (χ1) is 11.2. The summed E-state index contributed by atoms with van der Waals surface area (Å²) in [4.78, 5) is 0. The van der Waals surface area contributed by atoms with E-state index in [0.717, 1.165) is 5.56 Å². The summed E-state index contributed by atoms with van der Waals surface area (Å²) in [6, 6.07) is 0. The molecule has 0 atom stereocenters. The third-order valence-corrected chi connectivity index (χ3v) is 6.05. The van der Waals surface area contributed by atoms with Crippen LogP contribution in [0.25, 0.3) is 0 Å².